The van der Waals surface area contributed by atoms with Gasteiger partial charge < -0.3 is 9.15 Å². The molecule has 0 amide bonds. The Bertz CT molecular complexity index is 1400. The summed E-state index contributed by atoms with van der Waals surface area (Å²) in [4.78, 5) is 23.4. The van der Waals surface area contributed by atoms with E-state index >= 15 is 0 Å². The Kier molecular flexibility index (Phi) is 4.81. The van der Waals surface area contributed by atoms with Gasteiger partial charge in [0.2, 0.25) is 0 Å². The van der Waals surface area contributed by atoms with Crippen molar-refractivity contribution >= 4 is 18.3 Å². The van der Waals surface area contributed by atoms with Gasteiger partial charge in [0.25, 0.3) is 11.2 Å². The van der Waals surface area contributed by atoms with Crippen molar-refractivity contribution in [2.24, 2.45) is 0 Å². The number of rotatable bonds is 5. The van der Waals surface area contributed by atoms with Crippen LogP contribution in [0.25, 0.3) is 29.7 Å². The van der Waals surface area contributed by atoms with Crippen molar-refractivity contribution in [2.75, 3.05) is 7.11 Å². The zero-order valence-corrected chi connectivity index (χ0v) is 16.0. The Morgan fingerprint density at radius 2 is 1.93 bits per heavy atom. The largest absolute Gasteiger partial charge is 0.496 e. The Morgan fingerprint density at radius 1 is 1.17 bits per heavy atom. The molecule has 2 aromatic carbocycles. The van der Waals surface area contributed by atoms with Crippen molar-refractivity contribution < 1.29 is 14.1 Å². The topological polar surface area (TPSA) is 103 Å². The summed E-state index contributed by atoms with van der Waals surface area (Å²) in [6, 6.07) is 16.7. The summed E-state index contributed by atoms with van der Waals surface area (Å²) in [5, 5.41) is 14.8. The summed E-state index contributed by atoms with van der Waals surface area (Å²) in [6.45, 7) is 3.90. The van der Waals surface area contributed by atoms with Gasteiger partial charge in [-0.1, -0.05) is 24.8 Å². The molecule has 0 fully saturated rings. The number of nitrogens with one attached hydrogen (secondary N) is 1. The molecule has 0 aliphatic carbocycles. The summed E-state index contributed by atoms with van der Waals surface area (Å²) in [7, 11) is 1.47. The second-order valence-electron chi connectivity index (χ2n) is 6.47. The summed E-state index contributed by atoms with van der Waals surface area (Å²) in [6.07, 6.45) is 1.58. The molecular weight excluding hydrogens is 386 g/mol. The van der Waals surface area contributed by atoms with Crippen molar-refractivity contribution in [1.29, 1.82) is 0 Å². The highest BCUT2D eigenvalue weighted by Crippen LogP contribution is 2.34. The molecule has 0 saturated heterocycles. The van der Waals surface area contributed by atoms with Gasteiger partial charge in [-0.15, -0.1) is 0 Å². The molecule has 0 aliphatic heterocycles. The molecule has 2 heterocycles. The van der Waals surface area contributed by atoms with Gasteiger partial charge in [-0.05, 0) is 36.4 Å². The molecule has 0 saturated carbocycles. The minimum Gasteiger partial charge on any atom is -0.496 e. The lowest BCUT2D eigenvalue weighted by Gasteiger charge is -2.05. The van der Waals surface area contributed by atoms with E-state index in [9.17, 15) is 14.9 Å². The molecule has 4 rings (SSSR count). The molecule has 4 aromatic rings. The smallest absolute Gasteiger partial charge is 0.279 e. The number of ether oxygens (including phenoxy) is 1. The van der Waals surface area contributed by atoms with Crippen LogP contribution in [0.15, 0.2) is 69.9 Å². The predicted molar refractivity (Wildman–Crippen MR) is 112 cm³/mol. The number of nitrogens with zero attached hydrogens (tertiary/aromatic N) is 2. The van der Waals surface area contributed by atoms with E-state index in [2.05, 4.69) is 11.7 Å². The molecule has 0 atom stereocenters. The van der Waals surface area contributed by atoms with E-state index in [-0.39, 0.29) is 11.2 Å². The molecule has 0 unspecified atom stereocenters. The lowest BCUT2D eigenvalue weighted by atomic mass is 10.1. The second-order valence-corrected chi connectivity index (χ2v) is 6.47. The van der Waals surface area contributed by atoms with Crippen LogP contribution in [0.5, 0.6) is 5.75 Å². The van der Waals surface area contributed by atoms with E-state index < -0.39 is 4.92 Å². The van der Waals surface area contributed by atoms with Crippen LogP contribution in [0.4, 0.5) is 5.69 Å². The number of para-hydroxylation sites is 1. The van der Waals surface area contributed by atoms with Crippen molar-refractivity contribution in [2.45, 2.75) is 0 Å². The third-order valence-corrected chi connectivity index (χ3v) is 4.59. The first-order valence-corrected chi connectivity index (χ1v) is 8.97. The van der Waals surface area contributed by atoms with Gasteiger partial charge in [0.05, 0.1) is 33.9 Å². The average molecular weight is 403 g/mol. The average Bonchev–Trinajstić information content (AvgIpc) is 3.34. The number of methoxy groups -OCH3 is 1. The number of nitro benzene ring substituents is 1. The Balaban J connectivity index is 1.79. The standard InChI is InChI=1S/C22H17N3O5/c1-14-18(22(26)24(23-14)15-6-4-3-5-7-15)13-17-9-11-21(30-17)19-12-16(25(27)28)8-10-20(19)29-2/h3-13,23H,1H2,2H3/b18-13-. The number of aromatic nitrogens is 2. The van der Waals surface area contributed by atoms with E-state index in [0.717, 1.165) is 0 Å². The monoisotopic (exact) mass is 403 g/mol. The lowest BCUT2D eigenvalue weighted by molar-refractivity contribution is -0.384. The van der Waals surface area contributed by atoms with Crippen LogP contribution in [-0.2, 0) is 0 Å². The summed E-state index contributed by atoms with van der Waals surface area (Å²) in [5.74, 6) is 1.22. The Morgan fingerprint density at radius 3 is 2.63 bits per heavy atom. The minimum atomic E-state index is -0.486. The fourth-order valence-electron chi connectivity index (χ4n) is 3.12. The van der Waals surface area contributed by atoms with Crippen LogP contribution in [0, 0.1) is 10.1 Å². The number of aromatic amines is 1. The van der Waals surface area contributed by atoms with E-state index in [1.807, 2.05) is 18.2 Å². The number of H-pyrrole nitrogens is 1. The maximum atomic E-state index is 12.8. The summed E-state index contributed by atoms with van der Waals surface area (Å²) >= 11 is 0. The van der Waals surface area contributed by atoms with E-state index in [0.29, 0.717) is 39.1 Å². The van der Waals surface area contributed by atoms with Crippen LogP contribution >= 0.6 is 0 Å². The van der Waals surface area contributed by atoms with E-state index in [4.69, 9.17) is 9.15 Å². The maximum absolute atomic E-state index is 12.8. The molecule has 150 valence electrons. The SMILES string of the molecule is C=c1[nH]n(-c2ccccc2)c(=O)/c1=C\c1ccc(-c2cc([N+](=O)[O-])ccc2OC)o1. The van der Waals surface area contributed by atoms with Crippen molar-refractivity contribution in [3.8, 4) is 22.8 Å². The molecule has 30 heavy (non-hydrogen) atoms. The molecule has 0 radical (unpaired) electrons. The summed E-state index contributed by atoms with van der Waals surface area (Å²) in [5.41, 5.74) is 0.784. The number of nitro groups is 1. The highest BCUT2D eigenvalue weighted by Gasteiger charge is 2.16. The summed E-state index contributed by atoms with van der Waals surface area (Å²) < 4.78 is 12.5. The number of benzene rings is 2. The van der Waals surface area contributed by atoms with E-state index in [1.165, 1.54) is 30.0 Å². The Hall–Kier alpha value is -4.33. The highest BCUT2D eigenvalue weighted by molar-refractivity contribution is 5.70. The van der Waals surface area contributed by atoms with Crippen molar-refractivity contribution in [3.63, 3.8) is 0 Å². The van der Waals surface area contributed by atoms with Crippen LogP contribution in [0.1, 0.15) is 5.76 Å². The minimum absolute atomic E-state index is 0.0795. The van der Waals surface area contributed by atoms with E-state index in [1.54, 1.807) is 30.3 Å². The number of furan rings is 1. The lowest BCUT2D eigenvalue weighted by Crippen LogP contribution is -2.33. The molecule has 0 spiro atoms. The molecule has 8 heteroatoms. The molecule has 1 N–H and O–H groups in total. The molecule has 2 aromatic heterocycles. The fraction of sp³-hybridized carbons (Fsp3) is 0.0455. The normalized spacial score (nSPS) is 11.6. The van der Waals surface area contributed by atoms with Gasteiger partial charge in [0.15, 0.2) is 0 Å². The first-order chi connectivity index (χ1) is 14.5. The third kappa shape index (κ3) is 3.42. The van der Waals surface area contributed by atoms with Gasteiger partial charge >= 0.3 is 0 Å². The first kappa shape index (κ1) is 19.0. The van der Waals surface area contributed by atoms with Crippen molar-refractivity contribution in [3.05, 3.63) is 97.5 Å². The molecule has 0 bridgehead atoms. The van der Waals surface area contributed by atoms with Crippen LogP contribution in [0.2, 0.25) is 0 Å². The number of hydrogen-bond donors (Lipinski definition) is 1. The molecular formula is C22H17N3O5. The zero-order valence-electron chi connectivity index (χ0n) is 16.0. The number of hydrogen-bond acceptors (Lipinski definition) is 5. The van der Waals surface area contributed by atoms with Gasteiger partial charge in [-0.2, -0.15) is 0 Å². The molecule has 8 nitrogen and oxygen atoms in total. The third-order valence-electron chi connectivity index (χ3n) is 4.59. The molecule has 0 aliphatic rings. The quantitative estimate of drug-likeness (QED) is 0.408. The second kappa shape index (κ2) is 7.59. The maximum Gasteiger partial charge on any atom is 0.279 e. The van der Waals surface area contributed by atoms with Crippen molar-refractivity contribution in [1.82, 2.24) is 9.78 Å². The van der Waals surface area contributed by atoms with Crippen LogP contribution in [-0.4, -0.2) is 21.8 Å². The van der Waals surface area contributed by atoms with Gasteiger partial charge in [-0.25, -0.2) is 4.68 Å². The zero-order chi connectivity index (χ0) is 21.3. The fourth-order valence-corrected chi connectivity index (χ4v) is 3.12. The first-order valence-electron chi connectivity index (χ1n) is 8.97. The van der Waals surface area contributed by atoms with Gasteiger partial charge in [0, 0.05) is 12.1 Å². The predicted octanol–water partition coefficient (Wildman–Crippen LogP) is 2.58. The number of non-ortho nitro benzene ring substituents is 1. The Labute approximate surface area is 170 Å². The van der Waals surface area contributed by atoms with Gasteiger partial charge in [-0.3, -0.25) is 20.0 Å². The highest BCUT2D eigenvalue weighted by atomic mass is 16.6. The van der Waals surface area contributed by atoms with Crippen LogP contribution < -0.4 is 20.9 Å². The van der Waals surface area contributed by atoms with Crippen LogP contribution in [0.3, 0.4) is 0 Å². The van der Waals surface area contributed by atoms with Gasteiger partial charge in [0.1, 0.15) is 17.3 Å².